The largest absolute Gasteiger partial charge is 0.349 e. The molecular formula is C22H26N2O2. The highest BCUT2D eigenvalue weighted by atomic mass is 16.2. The van der Waals surface area contributed by atoms with Gasteiger partial charge in [-0.3, -0.25) is 9.59 Å². The predicted molar refractivity (Wildman–Crippen MR) is 103 cm³/mol. The summed E-state index contributed by atoms with van der Waals surface area (Å²) in [5.74, 6) is -0.0744. The van der Waals surface area contributed by atoms with Gasteiger partial charge in [-0.2, -0.15) is 0 Å². The minimum atomic E-state index is -0.222. The molecule has 2 aromatic rings. The summed E-state index contributed by atoms with van der Waals surface area (Å²) in [7, 11) is 0. The molecule has 2 amide bonds. The van der Waals surface area contributed by atoms with Crippen LogP contribution in [0.4, 0.5) is 0 Å². The van der Waals surface area contributed by atoms with Crippen LogP contribution in [0.3, 0.4) is 0 Å². The second kappa shape index (κ2) is 7.10. The van der Waals surface area contributed by atoms with Crippen LogP contribution in [0.2, 0.25) is 0 Å². The summed E-state index contributed by atoms with van der Waals surface area (Å²) in [4.78, 5) is 27.1. The van der Waals surface area contributed by atoms with Gasteiger partial charge in [0.2, 0.25) is 11.8 Å². The third-order valence-corrected chi connectivity index (χ3v) is 5.94. The number of likely N-dealkylation sites (tertiary alicyclic amines) is 1. The molecule has 0 radical (unpaired) electrons. The van der Waals surface area contributed by atoms with Gasteiger partial charge in [-0.1, -0.05) is 55.3 Å². The third kappa shape index (κ3) is 3.20. The summed E-state index contributed by atoms with van der Waals surface area (Å²) in [6.45, 7) is 2.60. The highest BCUT2D eigenvalue weighted by molar-refractivity contribution is 5.90. The van der Waals surface area contributed by atoms with Gasteiger partial charge in [0.25, 0.3) is 0 Å². The Morgan fingerprint density at radius 2 is 1.85 bits per heavy atom. The van der Waals surface area contributed by atoms with Crippen LogP contribution >= 0.6 is 0 Å². The Morgan fingerprint density at radius 1 is 1.12 bits per heavy atom. The number of hydrogen-bond donors (Lipinski definition) is 1. The first-order chi connectivity index (χ1) is 12.6. The predicted octanol–water partition coefficient (Wildman–Crippen LogP) is 3.81. The fourth-order valence-electron chi connectivity index (χ4n) is 4.51. The van der Waals surface area contributed by atoms with Gasteiger partial charge >= 0.3 is 0 Å². The fourth-order valence-corrected chi connectivity index (χ4v) is 4.51. The lowest BCUT2D eigenvalue weighted by atomic mass is 9.99. The Hall–Kier alpha value is -2.36. The molecule has 2 fully saturated rings. The summed E-state index contributed by atoms with van der Waals surface area (Å²) < 4.78 is 0. The van der Waals surface area contributed by atoms with E-state index in [0.29, 0.717) is 19.0 Å². The molecular weight excluding hydrogens is 324 g/mol. The van der Waals surface area contributed by atoms with Crippen LogP contribution in [0.1, 0.15) is 50.6 Å². The number of amides is 2. The van der Waals surface area contributed by atoms with E-state index in [4.69, 9.17) is 0 Å². The zero-order valence-electron chi connectivity index (χ0n) is 15.3. The van der Waals surface area contributed by atoms with Crippen molar-refractivity contribution in [2.75, 3.05) is 6.54 Å². The summed E-state index contributed by atoms with van der Waals surface area (Å²) in [6, 6.07) is 14.7. The molecule has 0 bridgehead atoms. The van der Waals surface area contributed by atoms with Gasteiger partial charge in [0.05, 0.1) is 12.0 Å². The second-order valence-corrected chi connectivity index (χ2v) is 7.68. The molecule has 1 aliphatic heterocycles. The molecule has 136 valence electrons. The van der Waals surface area contributed by atoms with Gasteiger partial charge in [-0.15, -0.1) is 0 Å². The van der Waals surface area contributed by atoms with Crippen LogP contribution in [-0.4, -0.2) is 29.3 Å². The van der Waals surface area contributed by atoms with Crippen molar-refractivity contribution in [3.05, 3.63) is 48.0 Å². The van der Waals surface area contributed by atoms with Crippen molar-refractivity contribution in [3.8, 4) is 0 Å². The lowest BCUT2D eigenvalue weighted by molar-refractivity contribution is -0.130. The maximum absolute atomic E-state index is 12.8. The van der Waals surface area contributed by atoms with Gasteiger partial charge in [0.15, 0.2) is 0 Å². The summed E-state index contributed by atoms with van der Waals surface area (Å²) >= 11 is 0. The number of nitrogens with zero attached hydrogens (tertiary/aromatic N) is 1. The van der Waals surface area contributed by atoms with E-state index in [9.17, 15) is 9.59 Å². The van der Waals surface area contributed by atoms with E-state index >= 15 is 0 Å². The minimum absolute atomic E-state index is 0.000666. The first kappa shape index (κ1) is 17.1. The van der Waals surface area contributed by atoms with Crippen molar-refractivity contribution >= 4 is 22.6 Å². The monoisotopic (exact) mass is 350 g/mol. The zero-order valence-corrected chi connectivity index (χ0v) is 15.3. The average Bonchev–Trinajstić information content (AvgIpc) is 3.30. The molecule has 0 aromatic heterocycles. The molecule has 26 heavy (non-hydrogen) atoms. The Balaban J connectivity index is 1.45. The maximum atomic E-state index is 12.8. The van der Waals surface area contributed by atoms with E-state index in [-0.39, 0.29) is 23.8 Å². The van der Waals surface area contributed by atoms with E-state index in [1.165, 1.54) is 18.2 Å². The Labute approximate surface area is 154 Å². The molecule has 4 nitrogen and oxygen atoms in total. The summed E-state index contributed by atoms with van der Waals surface area (Å²) in [5.41, 5.74) is 1.12. The Morgan fingerprint density at radius 3 is 2.65 bits per heavy atom. The van der Waals surface area contributed by atoms with Gasteiger partial charge in [-0.05, 0) is 36.1 Å². The fraction of sp³-hybridized carbons (Fsp3) is 0.455. The molecule has 1 aliphatic carbocycles. The number of benzene rings is 2. The van der Waals surface area contributed by atoms with Gasteiger partial charge < -0.3 is 10.2 Å². The number of rotatable bonds is 4. The lowest BCUT2D eigenvalue weighted by Gasteiger charge is -2.24. The SMILES string of the molecule is C[C@H](NC(=O)[C@H]1CC(=O)N(C2CCCC2)C1)c1cccc2ccccc12. The lowest BCUT2D eigenvalue weighted by Crippen LogP contribution is -2.37. The van der Waals surface area contributed by atoms with Gasteiger partial charge in [0.1, 0.15) is 0 Å². The van der Waals surface area contributed by atoms with Crippen LogP contribution in [0.25, 0.3) is 10.8 Å². The molecule has 2 atom stereocenters. The van der Waals surface area contributed by atoms with E-state index in [1.54, 1.807) is 0 Å². The van der Waals surface area contributed by atoms with Gasteiger partial charge in [-0.25, -0.2) is 0 Å². The molecule has 1 saturated heterocycles. The highest BCUT2D eigenvalue weighted by Gasteiger charge is 2.38. The molecule has 1 saturated carbocycles. The standard InChI is InChI=1S/C22H26N2O2/c1-15(19-12-6-8-16-7-2-5-11-20(16)19)23-22(26)17-13-21(25)24(14-17)18-9-3-4-10-18/h2,5-8,11-12,15,17-18H,3-4,9-10,13-14H2,1H3,(H,23,26)/t15-,17-/m0/s1. The zero-order chi connectivity index (χ0) is 18.1. The third-order valence-electron chi connectivity index (χ3n) is 5.94. The van der Waals surface area contributed by atoms with E-state index in [1.807, 2.05) is 30.0 Å². The van der Waals surface area contributed by atoms with E-state index in [2.05, 4.69) is 29.6 Å². The number of carbonyl (C=O) groups is 2. The van der Waals surface area contributed by atoms with Crippen molar-refractivity contribution < 1.29 is 9.59 Å². The number of nitrogens with one attached hydrogen (secondary N) is 1. The van der Waals surface area contributed by atoms with Crippen molar-refractivity contribution in [2.24, 2.45) is 5.92 Å². The van der Waals surface area contributed by atoms with Crippen LogP contribution in [-0.2, 0) is 9.59 Å². The Bertz CT molecular complexity index is 821. The van der Waals surface area contributed by atoms with E-state index in [0.717, 1.165) is 23.8 Å². The van der Waals surface area contributed by atoms with Crippen LogP contribution in [0.5, 0.6) is 0 Å². The molecule has 0 unspecified atom stereocenters. The number of fused-ring (bicyclic) bond motifs is 1. The molecule has 2 aliphatic rings. The molecule has 4 heteroatoms. The summed E-state index contributed by atoms with van der Waals surface area (Å²) in [6.07, 6.45) is 4.93. The molecule has 1 N–H and O–H groups in total. The summed E-state index contributed by atoms with van der Waals surface area (Å²) in [5, 5.41) is 5.48. The molecule has 1 heterocycles. The minimum Gasteiger partial charge on any atom is -0.349 e. The molecule has 2 aromatic carbocycles. The molecule has 0 spiro atoms. The first-order valence-electron chi connectivity index (χ1n) is 9.71. The van der Waals surface area contributed by atoms with E-state index < -0.39 is 0 Å². The number of carbonyl (C=O) groups excluding carboxylic acids is 2. The topological polar surface area (TPSA) is 49.4 Å². The van der Waals surface area contributed by atoms with Crippen molar-refractivity contribution in [3.63, 3.8) is 0 Å². The maximum Gasteiger partial charge on any atom is 0.225 e. The van der Waals surface area contributed by atoms with Crippen LogP contribution in [0, 0.1) is 5.92 Å². The smallest absolute Gasteiger partial charge is 0.225 e. The normalized spacial score (nSPS) is 22.1. The molecule has 4 rings (SSSR count). The average molecular weight is 350 g/mol. The van der Waals surface area contributed by atoms with Crippen molar-refractivity contribution in [1.82, 2.24) is 10.2 Å². The second-order valence-electron chi connectivity index (χ2n) is 7.68. The van der Waals surface area contributed by atoms with Crippen LogP contribution in [0.15, 0.2) is 42.5 Å². The van der Waals surface area contributed by atoms with Crippen molar-refractivity contribution in [2.45, 2.75) is 51.1 Å². The van der Waals surface area contributed by atoms with Gasteiger partial charge in [0, 0.05) is 19.0 Å². The van der Waals surface area contributed by atoms with Crippen molar-refractivity contribution in [1.29, 1.82) is 0 Å². The Kier molecular flexibility index (Phi) is 4.66. The first-order valence-corrected chi connectivity index (χ1v) is 9.71. The quantitative estimate of drug-likeness (QED) is 0.911. The number of hydrogen-bond acceptors (Lipinski definition) is 2. The highest BCUT2D eigenvalue weighted by Crippen LogP contribution is 2.30. The van der Waals surface area contributed by atoms with Crippen LogP contribution < -0.4 is 5.32 Å².